The molecule has 3 rings (SSSR count). The first-order valence-electron chi connectivity index (χ1n) is 9.84. The normalized spacial score (nSPS) is 12.1. The van der Waals surface area contributed by atoms with Gasteiger partial charge in [-0.3, -0.25) is 4.79 Å². The van der Waals surface area contributed by atoms with Crippen molar-refractivity contribution in [3.8, 4) is 0 Å². The van der Waals surface area contributed by atoms with Crippen molar-refractivity contribution in [3.63, 3.8) is 0 Å². The molecule has 0 saturated heterocycles. The van der Waals surface area contributed by atoms with Crippen LogP contribution >= 0.6 is 23.2 Å². The molecule has 0 fully saturated rings. The molecule has 0 saturated carbocycles. The Morgan fingerprint density at radius 1 is 0.941 bits per heavy atom. The standard InChI is InChI=1S/C23H19Cl2F3N2O3S/c1-15-2-9-19(10-3-15)34(32,33)30(13-16-4-6-17(24)7-5-16)14-22(31)29-21-11-8-18(25)12-20(21)23(26,27)28/h2-12H,13-14H2,1H3,(H,29,31). The maximum atomic E-state index is 13.4. The molecule has 0 aromatic heterocycles. The SMILES string of the molecule is Cc1ccc(S(=O)(=O)N(CC(=O)Nc2ccc(Cl)cc2C(F)(F)F)Cc2ccc(Cl)cc2)cc1. The first kappa shape index (κ1) is 26.0. The number of alkyl halides is 3. The van der Waals surface area contributed by atoms with E-state index in [1.165, 1.54) is 18.2 Å². The Balaban J connectivity index is 1.92. The van der Waals surface area contributed by atoms with Crippen molar-refractivity contribution in [3.05, 3.63) is 93.5 Å². The number of hydrogen-bond donors (Lipinski definition) is 1. The van der Waals surface area contributed by atoms with Crippen LogP contribution in [-0.2, 0) is 27.5 Å². The van der Waals surface area contributed by atoms with E-state index in [4.69, 9.17) is 23.2 Å². The number of aryl methyl sites for hydroxylation is 1. The topological polar surface area (TPSA) is 66.5 Å². The number of sulfonamides is 1. The highest BCUT2D eigenvalue weighted by Gasteiger charge is 2.35. The summed E-state index contributed by atoms with van der Waals surface area (Å²) in [4.78, 5) is 12.7. The van der Waals surface area contributed by atoms with Crippen LogP contribution in [0.2, 0.25) is 10.0 Å². The van der Waals surface area contributed by atoms with E-state index in [-0.39, 0.29) is 16.5 Å². The lowest BCUT2D eigenvalue weighted by atomic mass is 10.1. The lowest BCUT2D eigenvalue weighted by molar-refractivity contribution is -0.137. The summed E-state index contributed by atoms with van der Waals surface area (Å²) < 4.78 is 67.6. The smallest absolute Gasteiger partial charge is 0.324 e. The van der Waals surface area contributed by atoms with Crippen molar-refractivity contribution in [2.75, 3.05) is 11.9 Å². The molecule has 0 bridgehead atoms. The van der Waals surface area contributed by atoms with Crippen LogP contribution in [0.15, 0.2) is 71.6 Å². The van der Waals surface area contributed by atoms with Crippen LogP contribution in [0.4, 0.5) is 18.9 Å². The molecule has 0 aliphatic heterocycles. The number of amides is 1. The van der Waals surface area contributed by atoms with Crippen LogP contribution in [0.25, 0.3) is 0 Å². The number of hydrogen-bond acceptors (Lipinski definition) is 3. The van der Waals surface area contributed by atoms with E-state index in [1.54, 1.807) is 43.3 Å². The van der Waals surface area contributed by atoms with Gasteiger partial charge in [-0.15, -0.1) is 0 Å². The fourth-order valence-electron chi connectivity index (χ4n) is 3.09. The number of carbonyl (C=O) groups is 1. The lowest BCUT2D eigenvalue weighted by Gasteiger charge is -2.23. The molecule has 0 radical (unpaired) electrons. The molecule has 0 aliphatic carbocycles. The van der Waals surface area contributed by atoms with Gasteiger partial charge in [0.1, 0.15) is 0 Å². The molecule has 3 aromatic rings. The zero-order valence-electron chi connectivity index (χ0n) is 17.7. The van der Waals surface area contributed by atoms with Gasteiger partial charge in [-0.05, 0) is 55.0 Å². The number of benzene rings is 3. The Morgan fingerprint density at radius 2 is 1.53 bits per heavy atom. The highest BCUT2D eigenvalue weighted by molar-refractivity contribution is 7.89. The molecule has 34 heavy (non-hydrogen) atoms. The van der Waals surface area contributed by atoms with Crippen molar-refractivity contribution in [1.29, 1.82) is 0 Å². The van der Waals surface area contributed by atoms with Gasteiger partial charge in [0.15, 0.2) is 0 Å². The Hall–Kier alpha value is -2.59. The van der Waals surface area contributed by atoms with Crippen molar-refractivity contribution < 1.29 is 26.4 Å². The zero-order chi connectivity index (χ0) is 25.1. The molecule has 3 aromatic carbocycles. The number of carbonyl (C=O) groups excluding carboxylic acids is 1. The average molecular weight is 531 g/mol. The van der Waals surface area contributed by atoms with Crippen LogP contribution < -0.4 is 5.32 Å². The largest absolute Gasteiger partial charge is 0.418 e. The van der Waals surface area contributed by atoms with Crippen LogP contribution in [0, 0.1) is 6.92 Å². The van der Waals surface area contributed by atoms with E-state index in [0.29, 0.717) is 16.7 Å². The number of nitrogens with zero attached hydrogens (tertiary/aromatic N) is 1. The number of rotatable bonds is 7. The first-order chi connectivity index (χ1) is 15.9. The summed E-state index contributed by atoms with van der Waals surface area (Å²) >= 11 is 11.6. The second-order valence-electron chi connectivity index (χ2n) is 7.45. The Labute approximate surface area is 205 Å². The highest BCUT2D eigenvalue weighted by Crippen LogP contribution is 2.36. The van der Waals surface area contributed by atoms with Gasteiger partial charge >= 0.3 is 6.18 Å². The first-order valence-corrected chi connectivity index (χ1v) is 12.0. The highest BCUT2D eigenvalue weighted by atomic mass is 35.5. The van der Waals surface area contributed by atoms with E-state index < -0.39 is 39.9 Å². The molecule has 0 spiro atoms. The van der Waals surface area contributed by atoms with Gasteiger partial charge in [-0.2, -0.15) is 17.5 Å². The molecular formula is C23H19Cl2F3N2O3S. The van der Waals surface area contributed by atoms with Crippen LogP contribution in [0.1, 0.15) is 16.7 Å². The van der Waals surface area contributed by atoms with Gasteiger partial charge in [0.05, 0.1) is 22.7 Å². The summed E-state index contributed by atoms with van der Waals surface area (Å²) in [6.45, 7) is 0.867. The minimum atomic E-state index is -4.77. The Bertz CT molecular complexity index is 1280. The molecule has 180 valence electrons. The summed E-state index contributed by atoms with van der Waals surface area (Å²) in [5, 5.41) is 2.44. The quantitative estimate of drug-likeness (QED) is 0.398. The van der Waals surface area contributed by atoms with E-state index in [1.807, 2.05) is 0 Å². The van der Waals surface area contributed by atoms with E-state index in [2.05, 4.69) is 5.32 Å². The van der Waals surface area contributed by atoms with Crippen LogP contribution in [0.3, 0.4) is 0 Å². The molecule has 5 nitrogen and oxygen atoms in total. The predicted molar refractivity (Wildman–Crippen MR) is 125 cm³/mol. The number of nitrogens with one attached hydrogen (secondary N) is 1. The van der Waals surface area contributed by atoms with Gasteiger partial charge in [0.25, 0.3) is 0 Å². The molecule has 0 atom stereocenters. The summed E-state index contributed by atoms with van der Waals surface area (Å²) in [5.74, 6) is -0.947. The van der Waals surface area contributed by atoms with Crippen LogP contribution in [0.5, 0.6) is 0 Å². The zero-order valence-corrected chi connectivity index (χ0v) is 20.1. The van der Waals surface area contributed by atoms with E-state index in [0.717, 1.165) is 15.9 Å². The second kappa shape index (κ2) is 10.4. The molecule has 0 heterocycles. The van der Waals surface area contributed by atoms with Gasteiger partial charge < -0.3 is 5.32 Å². The third kappa shape index (κ3) is 6.50. The van der Waals surface area contributed by atoms with Crippen LogP contribution in [-0.4, -0.2) is 25.2 Å². The van der Waals surface area contributed by atoms with E-state index in [9.17, 15) is 26.4 Å². The lowest BCUT2D eigenvalue weighted by Crippen LogP contribution is -2.37. The summed E-state index contributed by atoms with van der Waals surface area (Å²) in [7, 11) is -4.16. The fourth-order valence-corrected chi connectivity index (χ4v) is 4.77. The van der Waals surface area contributed by atoms with Gasteiger partial charge in [-0.1, -0.05) is 53.0 Å². The Morgan fingerprint density at radius 3 is 2.12 bits per heavy atom. The fraction of sp³-hybridized carbons (Fsp3) is 0.174. The maximum Gasteiger partial charge on any atom is 0.418 e. The third-order valence-corrected chi connectivity index (χ3v) is 7.11. The number of anilines is 1. The Kier molecular flexibility index (Phi) is 7.92. The number of halogens is 5. The minimum Gasteiger partial charge on any atom is -0.324 e. The maximum absolute atomic E-state index is 13.4. The third-order valence-electron chi connectivity index (χ3n) is 4.81. The molecule has 0 unspecified atom stereocenters. The predicted octanol–water partition coefficient (Wildman–Crippen LogP) is 6.15. The van der Waals surface area contributed by atoms with Gasteiger partial charge in [-0.25, -0.2) is 8.42 Å². The molecule has 1 amide bonds. The molecular weight excluding hydrogens is 512 g/mol. The minimum absolute atomic E-state index is 0.0534. The molecule has 0 aliphatic rings. The second-order valence-corrected chi connectivity index (χ2v) is 10.3. The van der Waals surface area contributed by atoms with Gasteiger partial charge in [0.2, 0.25) is 15.9 Å². The van der Waals surface area contributed by atoms with Gasteiger partial charge in [0, 0.05) is 16.6 Å². The van der Waals surface area contributed by atoms with Crippen molar-refractivity contribution in [2.24, 2.45) is 0 Å². The summed E-state index contributed by atoms with van der Waals surface area (Å²) in [6.07, 6.45) is -4.77. The summed E-state index contributed by atoms with van der Waals surface area (Å²) in [5.41, 5.74) is -0.293. The van der Waals surface area contributed by atoms with E-state index >= 15 is 0 Å². The molecule has 11 heteroatoms. The average Bonchev–Trinajstić information content (AvgIpc) is 2.75. The summed E-state index contributed by atoms with van der Waals surface area (Å²) in [6, 6.07) is 15.2. The van der Waals surface area contributed by atoms with Crippen molar-refractivity contribution >= 4 is 44.8 Å². The molecule has 1 N–H and O–H groups in total. The van der Waals surface area contributed by atoms with Crippen molar-refractivity contribution in [1.82, 2.24) is 4.31 Å². The monoisotopic (exact) mass is 530 g/mol. The van der Waals surface area contributed by atoms with Crippen molar-refractivity contribution in [2.45, 2.75) is 24.5 Å².